The van der Waals surface area contributed by atoms with E-state index in [1.807, 2.05) is 6.92 Å². The van der Waals surface area contributed by atoms with Crippen LogP contribution in [0.3, 0.4) is 0 Å². The number of halogens is 3. The van der Waals surface area contributed by atoms with Crippen molar-refractivity contribution in [2.24, 2.45) is 0 Å². The van der Waals surface area contributed by atoms with Gasteiger partial charge in [-0.25, -0.2) is 4.79 Å². The smallest absolute Gasteiger partial charge is 0.478 e. The maximum Gasteiger partial charge on any atom is 0.573 e. The highest BCUT2D eigenvalue weighted by Crippen LogP contribution is 2.29. The van der Waals surface area contributed by atoms with Gasteiger partial charge in [-0.15, -0.1) is 13.2 Å². The van der Waals surface area contributed by atoms with Crippen LogP contribution in [0.5, 0.6) is 11.5 Å². The van der Waals surface area contributed by atoms with E-state index in [2.05, 4.69) is 4.74 Å². The van der Waals surface area contributed by atoms with Gasteiger partial charge < -0.3 is 14.6 Å². The summed E-state index contributed by atoms with van der Waals surface area (Å²) in [5.74, 6) is -3.29. The Bertz CT molecular complexity index is 525. The lowest BCUT2D eigenvalue weighted by Gasteiger charge is -2.12. The molecule has 0 bridgehead atoms. The number of esters is 1. The fourth-order valence-corrected chi connectivity index (χ4v) is 1.46. The molecule has 0 spiro atoms. The third-order valence-corrected chi connectivity index (χ3v) is 2.38. The Kier molecular flexibility index (Phi) is 5.57. The average Bonchev–Trinajstić information content (AvgIpc) is 2.34. The minimum atomic E-state index is -4.92. The predicted octanol–water partition coefficient (Wildman–Crippen LogP) is 3.38. The molecule has 0 amide bonds. The highest BCUT2D eigenvalue weighted by atomic mass is 19.4. The van der Waals surface area contributed by atoms with Gasteiger partial charge in [-0.05, 0) is 18.6 Å². The van der Waals surface area contributed by atoms with Crippen molar-refractivity contribution in [1.29, 1.82) is 0 Å². The number of carboxylic acids is 1. The standard InChI is InChI=1S/C13H13F3O5/c1-2-3-4-11(17)20-10-7-8(21-13(14,15)16)5-6-9(10)12(18)19/h5-7H,2-4H2,1H3,(H,18,19). The fourth-order valence-electron chi connectivity index (χ4n) is 1.46. The van der Waals surface area contributed by atoms with E-state index in [4.69, 9.17) is 9.84 Å². The molecule has 0 unspecified atom stereocenters. The van der Waals surface area contributed by atoms with Crippen molar-refractivity contribution < 1.29 is 37.3 Å². The number of rotatable bonds is 6. The summed E-state index contributed by atoms with van der Waals surface area (Å²) < 4.78 is 44.8. The van der Waals surface area contributed by atoms with E-state index in [1.165, 1.54) is 0 Å². The second kappa shape index (κ2) is 6.96. The SMILES string of the molecule is CCCCC(=O)Oc1cc(OC(F)(F)F)ccc1C(=O)O. The van der Waals surface area contributed by atoms with Crippen LogP contribution in [-0.2, 0) is 4.79 Å². The number of unbranched alkanes of at least 4 members (excludes halogenated alkanes) is 1. The Labute approximate surface area is 118 Å². The van der Waals surface area contributed by atoms with E-state index < -0.39 is 35.4 Å². The summed E-state index contributed by atoms with van der Waals surface area (Å²) in [4.78, 5) is 22.4. The molecule has 1 aromatic rings. The van der Waals surface area contributed by atoms with E-state index in [0.29, 0.717) is 6.42 Å². The lowest BCUT2D eigenvalue weighted by atomic mass is 10.2. The van der Waals surface area contributed by atoms with E-state index >= 15 is 0 Å². The monoisotopic (exact) mass is 306 g/mol. The first kappa shape index (κ1) is 16.8. The second-order valence-corrected chi connectivity index (χ2v) is 4.09. The number of carbonyl (C=O) groups is 2. The number of alkyl halides is 3. The zero-order valence-electron chi connectivity index (χ0n) is 11.1. The topological polar surface area (TPSA) is 72.8 Å². The third kappa shape index (κ3) is 5.72. The van der Waals surface area contributed by atoms with Crippen molar-refractivity contribution in [3.8, 4) is 11.5 Å². The summed E-state index contributed by atoms with van der Waals surface area (Å²) in [7, 11) is 0. The lowest BCUT2D eigenvalue weighted by molar-refractivity contribution is -0.274. The van der Waals surface area contributed by atoms with Gasteiger partial charge in [-0.1, -0.05) is 13.3 Å². The molecule has 21 heavy (non-hydrogen) atoms. The van der Waals surface area contributed by atoms with Gasteiger partial charge >= 0.3 is 18.3 Å². The second-order valence-electron chi connectivity index (χ2n) is 4.09. The van der Waals surface area contributed by atoms with E-state index in [-0.39, 0.29) is 6.42 Å². The number of carbonyl (C=O) groups excluding carboxylic acids is 1. The number of benzene rings is 1. The zero-order valence-corrected chi connectivity index (χ0v) is 11.1. The molecular formula is C13H13F3O5. The molecule has 0 heterocycles. The summed E-state index contributed by atoms with van der Waals surface area (Å²) in [6.07, 6.45) is -3.63. The molecule has 8 heteroatoms. The first-order valence-corrected chi connectivity index (χ1v) is 6.06. The van der Waals surface area contributed by atoms with Crippen LogP contribution in [0.4, 0.5) is 13.2 Å². The number of carboxylic acid groups (broad SMARTS) is 1. The molecule has 0 radical (unpaired) electrons. The van der Waals surface area contributed by atoms with Gasteiger partial charge in [0, 0.05) is 12.5 Å². The van der Waals surface area contributed by atoms with E-state index in [0.717, 1.165) is 24.6 Å². The maximum absolute atomic E-state index is 12.1. The molecule has 0 aliphatic heterocycles. The number of hydrogen-bond acceptors (Lipinski definition) is 4. The Morgan fingerprint density at radius 3 is 2.48 bits per heavy atom. The van der Waals surface area contributed by atoms with Gasteiger partial charge in [0.15, 0.2) is 0 Å². The van der Waals surface area contributed by atoms with Gasteiger partial charge in [0.2, 0.25) is 0 Å². The number of ether oxygens (including phenoxy) is 2. The highest BCUT2D eigenvalue weighted by molar-refractivity contribution is 5.92. The number of hydrogen-bond donors (Lipinski definition) is 1. The van der Waals surface area contributed by atoms with Crippen molar-refractivity contribution >= 4 is 11.9 Å². The first-order chi connectivity index (χ1) is 9.73. The van der Waals surface area contributed by atoms with Crippen LogP contribution in [0.15, 0.2) is 18.2 Å². The summed E-state index contributed by atoms with van der Waals surface area (Å²) in [5, 5.41) is 8.92. The molecule has 0 saturated carbocycles. The highest BCUT2D eigenvalue weighted by Gasteiger charge is 2.31. The zero-order chi connectivity index (χ0) is 16.0. The maximum atomic E-state index is 12.1. The third-order valence-electron chi connectivity index (χ3n) is 2.38. The van der Waals surface area contributed by atoms with Gasteiger partial charge in [-0.2, -0.15) is 0 Å². The van der Waals surface area contributed by atoms with Crippen LogP contribution in [0, 0.1) is 0 Å². The molecule has 0 fully saturated rings. The van der Waals surface area contributed by atoms with Crippen LogP contribution in [0.2, 0.25) is 0 Å². The molecule has 0 atom stereocenters. The van der Waals surface area contributed by atoms with Crippen molar-refractivity contribution in [2.75, 3.05) is 0 Å². The molecule has 1 rings (SSSR count). The van der Waals surface area contributed by atoms with Crippen LogP contribution in [0.25, 0.3) is 0 Å². The molecule has 5 nitrogen and oxygen atoms in total. The van der Waals surface area contributed by atoms with Crippen LogP contribution < -0.4 is 9.47 Å². The largest absolute Gasteiger partial charge is 0.573 e. The van der Waals surface area contributed by atoms with Crippen molar-refractivity contribution in [3.05, 3.63) is 23.8 Å². The van der Waals surface area contributed by atoms with Crippen molar-refractivity contribution in [1.82, 2.24) is 0 Å². The molecular weight excluding hydrogens is 293 g/mol. The quantitative estimate of drug-likeness (QED) is 0.644. The predicted molar refractivity (Wildman–Crippen MR) is 65.2 cm³/mol. The van der Waals surface area contributed by atoms with Crippen LogP contribution >= 0.6 is 0 Å². The van der Waals surface area contributed by atoms with Crippen LogP contribution in [-0.4, -0.2) is 23.4 Å². The summed E-state index contributed by atoms with van der Waals surface area (Å²) in [6, 6.07) is 2.44. The summed E-state index contributed by atoms with van der Waals surface area (Å²) in [6.45, 7) is 1.84. The minimum absolute atomic E-state index is 0.0416. The van der Waals surface area contributed by atoms with Gasteiger partial charge in [0.1, 0.15) is 17.1 Å². The van der Waals surface area contributed by atoms with Crippen molar-refractivity contribution in [2.45, 2.75) is 32.5 Å². The molecule has 116 valence electrons. The Balaban J connectivity index is 2.99. The van der Waals surface area contributed by atoms with Gasteiger partial charge in [0.25, 0.3) is 0 Å². The van der Waals surface area contributed by atoms with Crippen molar-refractivity contribution in [3.63, 3.8) is 0 Å². The molecule has 1 N–H and O–H groups in total. The van der Waals surface area contributed by atoms with Crippen LogP contribution in [0.1, 0.15) is 36.5 Å². The summed E-state index contributed by atoms with van der Waals surface area (Å²) >= 11 is 0. The normalized spacial score (nSPS) is 11.0. The minimum Gasteiger partial charge on any atom is -0.478 e. The van der Waals surface area contributed by atoms with E-state index in [9.17, 15) is 22.8 Å². The average molecular weight is 306 g/mol. The van der Waals surface area contributed by atoms with E-state index in [1.54, 1.807) is 0 Å². The summed E-state index contributed by atoms with van der Waals surface area (Å²) in [5.41, 5.74) is -0.422. The van der Waals surface area contributed by atoms with Gasteiger partial charge in [-0.3, -0.25) is 4.79 Å². The molecule has 0 aliphatic carbocycles. The Hall–Kier alpha value is -2.25. The molecule has 1 aromatic carbocycles. The fraction of sp³-hybridized carbons (Fsp3) is 0.385. The Morgan fingerprint density at radius 1 is 1.29 bits per heavy atom. The lowest BCUT2D eigenvalue weighted by Crippen LogP contribution is -2.17. The van der Waals surface area contributed by atoms with Gasteiger partial charge in [0.05, 0.1) is 0 Å². The molecule has 0 saturated heterocycles. The first-order valence-electron chi connectivity index (χ1n) is 6.06. The molecule has 0 aliphatic rings. The Morgan fingerprint density at radius 2 is 1.95 bits per heavy atom. The molecule has 0 aromatic heterocycles. The number of aromatic carboxylic acids is 1.